The van der Waals surface area contributed by atoms with Crippen LogP contribution >= 0.6 is 11.8 Å². The second-order valence-corrected chi connectivity index (χ2v) is 7.93. The summed E-state index contributed by atoms with van der Waals surface area (Å²) in [7, 11) is 0. The summed E-state index contributed by atoms with van der Waals surface area (Å²) < 4.78 is 0. The third kappa shape index (κ3) is 4.40. The van der Waals surface area contributed by atoms with Crippen molar-refractivity contribution in [2.75, 3.05) is 5.32 Å². The summed E-state index contributed by atoms with van der Waals surface area (Å²) in [5.74, 6) is 0.336. The van der Waals surface area contributed by atoms with Crippen molar-refractivity contribution in [2.24, 2.45) is 0 Å². The van der Waals surface area contributed by atoms with Crippen LogP contribution in [0.3, 0.4) is 0 Å². The van der Waals surface area contributed by atoms with Gasteiger partial charge in [0, 0.05) is 11.6 Å². The molecule has 4 rings (SSSR count). The van der Waals surface area contributed by atoms with E-state index in [0.717, 1.165) is 54.3 Å². The second kappa shape index (κ2) is 8.12. The molecule has 8 heteroatoms. The number of amides is 2. The van der Waals surface area contributed by atoms with Crippen molar-refractivity contribution in [3.05, 3.63) is 47.1 Å². The molecule has 1 aromatic heterocycles. The first-order chi connectivity index (χ1) is 13.6. The Hall–Kier alpha value is -2.71. The molecule has 0 unspecified atom stereocenters. The average Bonchev–Trinajstić information content (AvgIpc) is 3.01. The smallest absolute Gasteiger partial charge is 0.290 e. The number of benzene rings is 1. The van der Waals surface area contributed by atoms with Gasteiger partial charge < -0.3 is 10.4 Å². The van der Waals surface area contributed by atoms with E-state index in [9.17, 15) is 14.7 Å². The predicted octanol–water partition coefficient (Wildman–Crippen LogP) is 3.18. The van der Waals surface area contributed by atoms with Crippen molar-refractivity contribution in [1.29, 1.82) is 0 Å². The summed E-state index contributed by atoms with van der Waals surface area (Å²) in [6, 6.07) is 7.88. The molecule has 1 aliphatic carbocycles. The highest BCUT2D eigenvalue weighted by molar-refractivity contribution is 8.18. The Labute approximate surface area is 166 Å². The van der Waals surface area contributed by atoms with E-state index in [2.05, 4.69) is 20.6 Å². The monoisotopic (exact) mass is 396 g/mol. The van der Waals surface area contributed by atoms with Crippen molar-refractivity contribution in [1.82, 2.24) is 15.3 Å². The second-order valence-electron chi connectivity index (χ2n) is 6.92. The van der Waals surface area contributed by atoms with Gasteiger partial charge in [0.15, 0.2) is 0 Å². The van der Waals surface area contributed by atoms with E-state index in [-0.39, 0.29) is 17.3 Å². The van der Waals surface area contributed by atoms with Crippen molar-refractivity contribution in [2.45, 2.75) is 37.8 Å². The van der Waals surface area contributed by atoms with Gasteiger partial charge >= 0.3 is 0 Å². The van der Waals surface area contributed by atoms with Crippen LogP contribution in [0, 0.1) is 0 Å². The van der Waals surface area contributed by atoms with E-state index in [1.165, 1.54) is 0 Å². The molecule has 28 heavy (non-hydrogen) atoms. The molecule has 1 aromatic carbocycles. The molecule has 2 aliphatic rings. The number of rotatable bonds is 4. The van der Waals surface area contributed by atoms with Gasteiger partial charge in [0.1, 0.15) is 5.82 Å². The summed E-state index contributed by atoms with van der Waals surface area (Å²) in [5, 5.41) is 14.9. The Morgan fingerprint density at radius 3 is 2.75 bits per heavy atom. The molecule has 144 valence electrons. The number of carbonyl (C=O) groups excluding carboxylic acids is 2. The van der Waals surface area contributed by atoms with Crippen LogP contribution in [0.15, 0.2) is 41.6 Å². The molecule has 3 N–H and O–H groups in total. The van der Waals surface area contributed by atoms with Crippen molar-refractivity contribution < 1.29 is 14.7 Å². The Bertz CT molecular complexity index is 939. The van der Waals surface area contributed by atoms with Crippen LogP contribution < -0.4 is 10.6 Å². The third-order valence-corrected chi connectivity index (χ3v) is 5.62. The van der Waals surface area contributed by atoms with Gasteiger partial charge in [-0.25, -0.2) is 4.98 Å². The van der Waals surface area contributed by atoms with Crippen LogP contribution in [0.2, 0.25) is 0 Å². The van der Waals surface area contributed by atoms with E-state index in [4.69, 9.17) is 0 Å². The number of thioether (sulfide) groups is 1. The highest BCUT2D eigenvalue weighted by atomic mass is 32.2. The lowest BCUT2D eigenvalue weighted by Gasteiger charge is -2.26. The lowest BCUT2D eigenvalue weighted by atomic mass is 9.93. The maximum absolute atomic E-state index is 11.7. The molecule has 1 saturated carbocycles. The first-order valence-electron chi connectivity index (χ1n) is 9.19. The Morgan fingerprint density at radius 1 is 1.18 bits per heavy atom. The average molecular weight is 396 g/mol. The van der Waals surface area contributed by atoms with E-state index in [1.807, 2.05) is 24.3 Å². The lowest BCUT2D eigenvalue weighted by Crippen LogP contribution is -2.28. The SMILES string of the molecule is O=C1NC(=O)/C(=C/c2cccc(-c3cncc(N[C@H]4CC[C@H](O)CC4)n3)c2)S1. The molecule has 0 atom stereocenters. The standard InChI is InChI=1S/C20H20N4O3S/c25-15-6-4-14(5-7-15)22-18-11-21-10-16(23-18)13-3-1-2-12(8-13)9-17-19(26)24-20(27)28-17/h1-3,8-11,14-15,25H,4-7H2,(H,22,23)(H,24,26,27)/b17-9-/t14-,15-. The van der Waals surface area contributed by atoms with Crippen LogP contribution in [0.25, 0.3) is 17.3 Å². The molecule has 2 heterocycles. The first-order valence-corrected chi connectivity index (χ1v) is 10.0. The molecule has 0 bridgehead atoms. The first kappa shape index (κ1) is 18.6. The van der Waals surface area contributed by atoms with Crippen LogP contribution in [0.1, 0.15) is 31.2 Å². The van der Waals surface area contributed by atoms with E-state index >= 15 is 0 Å². The van der Waals surface area contributed by atoms with Crippen LogP contribution in [0.5, 0.6) is 0 Å². The molecule has 7 nitrogen and oxygen atoms in total. The van der Waals surface area contributed by atoms with Gasteiger partial charge in [-0.05, 0) is 55.2 Å². The fourth-order valence-electron chi connectivity index (χ4n) is 3.36. The molecule has 2 aromatic rings. The van der Waals surface area contributed by atoms with Gasteiger partial charge in [0.25, 0.3) is 11.1 Å². The summed E-state index contributed by atoms with van der Waals surface area (Å²) in [6.07, 6.45) is 8.32. The molecule has 1 saturated heterocycles. The van der Waals surface area contributed by atoms with Crippen LogP contribution in [-0.4, -0.2) is 38.4 Å². The van der Waals surface area contributed by atoms with E-state index in [1.54, 1.807) is 18.5 Å². The van der Waals surface area contributed by atoms with Gasteiger partial charge in [0.05, 0.1) is 29.1 Å². The maximum atomic E-state index is 11.7. The molecule has 1 aliphatic heterocycles. The van der Waals surface area contributed by atoms with Gasteiger partial charge in [0.2, 0.25) is 0 Å². The number of carbonyl (C=O) groups is 2. The summed E-state index contributed by atoms with van der Waals surface area (Å²) in [5.41, 5.74) is 2.41. The normalized spacial score (nSPS) is 23.7. The number of hydrogen-bond donors (Lipinski definition) is 3. The Morgan fingerprint density at radius 2 is 2.00 bits per heavy atom. The van der Waals surface area contributed by atoms with Gasteiger partial charge in [-0.2, -0.15) is 0 Å². The Kier molecular flexibility index (Phi) is 5.40. The van der Waals surface area contributed by atoms with E-state index in [0.29, 0.717) is 16.8 Å². The number of aromatic nitrogens is 2. The van der Waals surface area contributed by atoms with E-state index < -0.39 is 0 Å². The number of hydrogen-bond acceptors (Lipinski definition) is 7. The Balaban J connectivity index is 1.52. The molecule has 2 fully saturated rings. The van der Waals surface area contributed by atoms with Crippen molar-refractivity contribution in [3.63, 3.8) is 0 Å². The number of imide groups is 1. The zero-order valence-electron chi connectivity index (χ0n) is 15.1. The topological polar surface area (TPSA) is 104 Å². The number of nitrogens with one attached hydrogen (secondary N) is 2. The molecule has 0 spiro atoms. The molecule has 2 amide bonds. The number of nitrogens with zero attached hydrogens (tertiary/aromatic N) is 2. The summed E-state index contributed by atoms with van der Waals surface area (Å²) >= 11 is 0.898. The number of aliphatic hydroxyl groups is 1. The molecular weight excluding hydrogens is 376 g/mol. The number of anilines is 1. The lowest BCUT2D eigenvalue weighted by molar-refractivity contribution is -0.115. The quantitative estimate of drug-likeness (QED) is 0.682. The zero-order chi connectivity index (χ0) is 19.5. The van der Waals surface area contributed by atoms with Crippen molar-refractivity contribution >= 4 is 34.8 Å². The molecule has 0 radical (unpaired) electrons. The maximum Gasteiger partial charge on any atom is 0.290 e. The summed E-state index contributed by atoms with van der Waals surface area (Å²) in [6.45, 7) is 0. The van der Waals surface area contributed by atoms with Crippen LogP contribution in [-0.2, 0) is 4.79 Å². The fourth-order valence-corrected chi connectivity index (χ4v) is 4.05. The highest BCUT2D eigenvalue weighted by Gasteiger charge is 2.25. The zero-order valence-corrected chi connectivity index (χ0v) is 15.9. The largest absolute Gasteiger partial charge is 0.393 e. The number of aliphatic hydroxyl groups excluding tert-OH is 1. The van der Waals surface area contributed by atoms with Gasteiger partial charge in [-0.3, -0.25) is 19.9 Å². The molecular formula is C20H20N4O3S. The van der Waals surface area contributed by atoms with Gasteiger partial charge in [-0.1, -0.05) is 18.2 Å². The minimum Gasteiger partial charge on any atom is -0.393 e. The predicted molar refractivity (Wildman–Crippen MR) is 108 cm³/mol. The van der Waals surface area contributed by atoms with Crippen molar-refractivity contribution in [3.8, 4) is 11.3 Å². The fraction of sp³-hybridized carbons (Fsp3) is 0.300. The minimum absolute atomic E-state index is 0.192. The third-order valence-electron chi connectivity index (χ3n) is 4.81. The van der Waals surface area contributed by atoms with Gasteiger partial charge in [-0.15, -0.1) is 0 Å². The van der Waals surface area contributed by atoms with Crippen LogP contribution in [0.4, 0.5) is 10.6 Å². The highest BCUT2D eigenvalue weighted by Crippen LogP contribution is 2.27. The minimum atomic E-state index is -0.371. The summed E-state index contributed by atoms with van der Waals surface area (Å²) in [4.78, 5) is 32.4.